The van der Waals surface area contributed by atoms with Gasteiger partial charge in [0.1, 0.15) is 0 Å². The average molecular weight is 232 g/mol. The van der Waals surface area contributed by atoms with E-state index in [1.807, 2.05) is 0 Å². The van der Waals surface area contributed by atoms with Crippen molar-refractivity contribution in [1.82, 2.24) is 0 Å². The Labute approximate surface area is 65.7 Å². The first-order valence-corrected chi connectivity index (χ1v) is 8.89. The van der Waals surface area contributed by atoms with Crippen molar-refractivity contribution in [3.05, 3.63) is 5.92 Å². The Balaban J connectivity index is 0. The molecule has 0 bridgehead atoms. The fourth-order valence-electron chi connectivity index (χ4n) is 0. The van der Waals surface area contributed by atoms with Crippen LogP contribution in [0.2, 0.25) is 0 Å². The van der Waals surface area contributed by atoms with Gasteiger partial charge in [0.05, 0.1) is 0 Å². The van der Waals surface area contributed by atoms with Crippen molar-refractivity contribution in [2.24, 2.45) is 0 Å². The first-order chi connectivity index (χ1) is 3.64. The zero-order chi connectivity index (χ0) is 7.15. The number of carboxylic acid groups (broad SMARTS) is 1. The Kier molecular flexibility index (Phi) is 10.5. The zero-order valence-corrected chi connectivity index (χ0v) is 9.49. The minimum absolute atomic E-state index is 0.426. The molecule has 0 aliphatic carbocycles. The van der Waals surface area contributed by atoms with Crippen LogP contribution in [-0.2, 0) is 21.1 Å². The quantitative estimate of drug-likeness (QED) is 0.550. The Hall–Kier alpha value is 0.443. The summed E-state index contributed by atoms with van der Waals surface area (Å²) in [5, 5.41) is 7.95. The second-order valence-electron chi connectivity index (χ2n) is 1.31. The fraction of sp³-hybridized carbons (Fsp3) is 0.500. The molecular weight excluding hydrogens is 225 g/mol. The molecule has 0 rings (SSSR count). The monoisotopic (exact) mass is 230 g/mol. The molecule has 2 nitrogen and oxygen atoms in total. The summed E-state index contributed by atoms with van der Waals surface area (Å²) in [6, 6.07) is 0. The Bertz CT molecular complexity index is 65.1. The van der Waals surface area contributed by atoms with E-state index in [0.29, 0.717) is 5.92 Å². The molecule has 0 saturated heterocycles. The molecule has 0 aromatic rings. The summed E-state index contributed by atoms with van der Waals surface area (Å²) in [7, 11) is 0. The standard InChI is InChI=1S/C4H7O2.BrH.Zn/c1-3(2)4(5)6;;/h1-2H3,(H,5,6);1H;/q-1;;+2/p-1. The first kappa shape index (κ1) is 11.3. The van der Waals surface area contributed by atoms with Crippen molar-refractivity contribution in [3.8, 4) is 0 Å². The summed E-state index contributed by atoms with van der Waals surface area (Å²) in [5.41, 5.74) is 0. The van der Waals surface area contributed by atoms with Crippen molar-refractivity contribution < 1.29 is 26.2 Å². The molecule has 44 valence electrons. The number of halogens is 1. The van der Waals surface area contributed by atoms with E-state index in [4.69, 9.17) is 5.11 Å². The van der Waals surface area contributed by atoms with E-state index in [1.165, 1.54) is 16.3 Å². The van der Waals surface area contributed by atoms with Crippen LogP contribution >= 0.6 is 13.6 Å². The molecule has 0 amide bonds. The number of hydrogen-bond acceptors (Lipinski definition) is 1. The summed E-state index contributed by atoms with van der Waals surface area (Å²) in [6.45, 7) is 3.12. The van der Waals surface area contributed by atoms with E-state index >= 15 is 0 Å². The molecule has 0 atom stereocenters. The van der Waals surface area contributed by atoms with Crippen molar-refractivity contribution >= 4 is 19.6 Å². The zero-order valence-electron chi connectivity index (χ0n) is 4.94. The van der Waals surface area contributed by atoms with Gasteiger partial charge in [-0.2, -0.15) is 13.8 Å². The van der Waals surface area contributed by atoms with Gasteiger partial charge in [0.2, 0.25) is 0 Å². The van der Waals surface area contributed by atoms with E-state index in [2.05, 4.69) is 13.6 Å². The molecule has 0 aromatic carbocycles. The number of rotatable bonds is 1. The maximum absolute atomic E-state index is 9.66. The van der Waals surface area contributed by atoms with Crippen LogP contribution in [0.3, 0.4) is 0 Å². The van der Waals surface area contributed by atoms with Gasteiger partial charge in [-0.05, 0) is 0 Å². The summed E-state index contributed by atoms with van der Waals surface area (Å²) < 4.78 is 0. The van der Waals surface area contributed by atoms with E-state index < -0.39 is 5.97 Å². The van der Waals surface area contributed by atoms with Crippen LogP contribution in [0, 0.1) is 5.92 Å². The fourth-order valence-corrected chi connectivity index (χ4v) is 0. The molecule has 0 unspecified atom stereocenters. The van der Waals surface area contributed by atoms with Crippen LogP contribution in [-0.4, -0.2) is 11.1 Å². The van der Waals surface area contributed by atoms with Gasteiger partial charge in [-0.15, -0.1) is 0 Å². The van der Waals surface area contributed by atoms with Crippen LogP contribution in [0.5, 0.6) is 0 Å². The minimum atomic E-state index is -0.824. The number of carboxylic acids is 1. The van der Waals surface area contributed by atoms with Crippen molar-refractivity contribution in [2.45, 2.75) is 13.8 Å². The third-order valence-corrected chi connectivity index (χ3v) is 0.428. The third kappa shape index (κ3) is 9.67. The summed E-state index contributed by atoms with van der Waals surface area (Å²) in [4.78, 5) is 9.66. The Morgan fingerprint density at radius 2 is 1.75 bits per heavy atom. The van der Waals surface area contributed by atoms with Gasteiger partial charge >= 0.3 is 30.0 Å². The summed E-state index contributed by atoms with van der Waals surface area (Å²) >= 11 is 4.25. The topological polar surface area (TPSA) is 37.3 Å². The van der Waals surface area contributed by atoms with Crippen LogP contribution in [0.1, 0.15) is 13.8 Å². The number of carbonyl (C=O) groups is 1. The third-order valence-electron chi connectivity index (χ3n) is 0.428. The van der Waals surface area contributed by atoms with Crippen LogP contribution < -0.4 is 0 Å². The maximum atomic E-state index is 9.66. The molecule has 1 N–H and O–H groups in total. The van der Waals surface area contributed by atoms with Crippen LogP contribution in [0.4, 0.5) is 0 Å². The molecule has 0 aromatic heterocycles. The van der Waals surface area contributed by atoms with E-state index in [1.54, 1.807) is 13.8 Å². The molecule has 0 fully saturated rings. The van der Waals surface area contributed by atoms with Gasteiger partial charge in [0.25, 0.3) is 0 Å². The molecule has 0 aliphatic heterocycles. The van der Waals surface area contributed by atoms with Gasteiger partial charge < -0.3 is 5.11 Å². The van der Waals surface area contributed by atoms with E-state index in [0.717, 1.165) is 0 Å². The molecular formula is C4H7BrO2Zn. The predicted octanol–water partition coefficient (Wildman–Crippen LogP) is 1.53. The Morgan fingerprint density at radius 1 is 1.62 bits per heavy atom. The van der Waals surface area contributed by atoms with E-state index in [-0.39, 0.29) is 0 Å². The second kappa shape index (κ2) is 7.44. The van der Waals surface area contributed by atoms with Crippen molar-refractivity contribution in [1.29, 1.82) is 0 Å². The molecule has 0 spiro atoms. The number of aliphatic carboxylic acids is 1. The SMILES string of the molecule is C[C-](C)C(=O)O.[Zn+][Br]. The van der Waals surface area contributed by atoms with Crippen molar-refractivity contribution in [3.63, 3.8) is 0 Å². The summed E-state index contributed by atoms with van der Waals surface area (Å²) in [6.07, 6.45) is 0. The van der Waals surface area contributed by atoms with Gasteiger partial charge in [-0.3, -0.25) is 10.7 Å². The van der Waals surface area contributed by atoms with Gasteiger partial charge in [0, 0.05) is 0 Å². The van der Waals surface area contributed by atoms with Crippen LogP contribution in [0.25, 0.3) is 0 Å². The molecule has 8 heavy (non-hydrogen) atoms. The molecule has 0 saturated carbocycles. The second-order valence-corrected chi connectivity index (χ2v) is 1.31. The first-order valence-electron chi connectivity index (χ1n) is 1.94. The number of hydrogen-bond donors (Lipinski definition) is 1. The van der Waals surface area contributed by atoms with Gasteiger partial charge in [-0.1, -0.05) is 0 Å². The van der Waals surface area contributed by atoms with Gasteiger partial charge in [0.15, 0.2) is 5.97 Å². The average Bonchev–Trinajstić information content (AvgIpc) is 1.72. The van der Waals surface area contributed by atoms with Crippen molar-refractivity contribution in [2.75, 3.05) is 0 Å². The molecule has 4 heteroatoms. The van der Waals surface area contributed by atoms with Gasteiger partial charge in [-0.25, -0.2) is 0 Å². The molecule has 0 heterocycles. The Morgan fingerprint density at radius 3 is 1.75 bits per heavy atom. The molecule has 0 radical (unpaired) electrons. The predicted molar refractivity (Wildman–Crippen MR) is 31.2 cm³/mol. The normalized spacial score (nSPS) is 6.62. The summed E-state index contributed by atoms with van der Waals surface area (Å²) in [5.74, 6) is -0.398. The molecule has 0 aliphatic rings. The van der Waals surface area contributed by atoms with Crippen LogP contribution in [0.15, 0.2) is 0 Å². The van der Waals surface area contributed by atoms with E-state index in [9.17, 15) is 4.79 Å².